The zero-order chi connectivity index (χ0) is 13.3. The van der Waals surface area contributed by atoms with Crippen LogP contribution in [-0.2, 0) is 13.6 Å². The first-order chi connectivity index (χ1) is 9.84. The molecule has 0 fully saturated rings. The van der Waals surface area contributed by atoms with Crippen molar-refractivity contribution in [2.45, 2.75) is 6.54 Å². The quantitative estimate of drug-likeness (QED) is 0.402. The maximum Gasteiger partial charge on any atom is 0.340 e. The molecule has 0 unspecified atom stereocenters. The van der Waals surface area contributed by atoms with Crippen molar-refractivity contribution in [3.05, 3.63) is 42.4 Å². The fraction of sp³-hybridized carbons (Fsp3) is 0.133. The van der Waals surface area contributed by atoms with Gasteiger partial charge in [-0.25, -0.2) is 9.55 Å². The van der Waals surface area contributed by atoms with Crippen molar-refractivity contribution in [2.75, 3.05) is 0 Å². The summed E-state index contributed by atoms with van der Waals surface area (Å²) < 4.78 is 10.3. The Morgan fingerprint density at radius 1 is 1.30 bits per heavy atom. The van der Waals surface area contributed by atoms with Crippen LogP contribution in [0.4, 0.5) is 0 Å². The topological polar surface area (TPSA) is 47.7 Å². The molecule has 20 heavy (non-hydrogen) atoms. The third kappa shape index (κ3) is 1.02. The molecule has 4 aromatic heterocycles. The summed E-state index contributed by atoms with van der Waals surface area (Å²) in [5.41, 5.74) is 6.14. The maximum atomic E-state index is 5.95. The van der Waals surface area contributed by atoms with E-state index < -0.39 is 0 Å². The molecular formula is C15H11N4O+. The molecule has 0 aliphatic carbocycles. The predicted molar refractivity (Wildman–Crippen MR) is 73.0 cm³/mol. The average molecular weight is 263 g/mol. The number of imidazole rings is 1. The second-order valence-electron chi connectivity index (χ2n) is 5.11. The second kappa shape index (κ2) is 3.25. The third-order valence-electron chi connectivity index (χ3n) is 4.03. The van der Waals surface area contributed by atoms with E-state index in [9.17, 15) is 0 Å². The first-order valence-corrected chi connectivity index (χ1v) is 6.53. The molecule has 0 atom stereocenters. The van der Waals surface area contributed by atoms with Gasteiger partial charge in [0.15, 0.2) is 11.1 Å². The minimum atomic E-state index is 0.831. The lowest BCUT2D eigenvalue weighted by Crippen LogP contribution is -2.29. The van der Waals surface area contributed by atoms with Crippen molar-refractivity contribution in [1.29, 1.82) is 0 Å². The van der Waals surface area contributed by atoms with E-state index in [0.29, 0.717) is 0 Å². The van der Waals surface area contributed by atoms with Crippen molar-refractivity contribution in [3.8, 4) is 11.4 Å². The van der Waals surface area contributed by atoms with Crippen molar-refractivity contribution in [1.82, 2.24) is 14.5 Å². The summed E-state index contributed by atoms with van der Waals surface area (Å²) in [6.07, 6.45) is 5.57. The van der Waals surface area contributed by atoms with E-state index >= 15 is 0 Å². The van der Waals surface area contributed by atoms with Crippen LogP contribution < -0.4 is 4.57 Å². The Hall–Kier alpha value is -2.69. The molecule has 0 spiro atoms. The van der Waals surface area contributed by atoms with Gasteiger partial charge in [-0.3, -0.25) is 4.98 Å². The van der Waals surface area contributed by atoms with Crippen LogP contribution in [0.2, 0.25) is 0 Å². The minimum absolute atomic E-state index is 0.831. The normalized spacial score (nSPS) is 13.1. The van der Waals surface area contributed by atoms with Crippen LogP contribution in [0.25, 0.3) is 33.7 Å². The molecule has 0 N–H and O–H groups in total. The van der Waals surface area contributed by atoms with Gasteiger partial charge in [0.2, 0.25) is 5.52 Å². The molecule has 5 heterocycles. The highest BCUT2D eigenvalue weighted by molar-refractivity contribution is 5.99. The van der Waals surface area contributed by atoms with E-state index in [4.69, 9.17) is 4.42 Å². The molecule has 0 aromatic carbocycles. The van der Waals surface area contributed by atoms with Crippen LogP contribution in [0.3, 0.4) is 0 Å². The zero-order valence-corrected chi connectivity index (χ0v) is 10.9. The Kier molecular flexibility index (Phi) is 1.65. The van der Waals surface area contributed by atoms with E-state index in [1.54, 1.807) is 6.20 Å². The van der Waals surface area contributed by atoms with Gasteiger partial charge in [0, 0.05) is 24.2 Å². The van der Waals surface area contributed by atoms with Crippen LogP contribution in [0, 0.1) is 0 Å². The van der Waals surface area contributed by atoms with Crippen LogP contribution in [0.1, 0.15) is 5.56 Å². The monoisotopic (exact) mass is 263 g/mol. The SMILES string of the molecule is C[n+]1c2n(c3c4ncccc4oc31)Cc1ccncc1-2. The molecule has 5 heteroatoms. The van der Waals surface area contributed by atoms with Gasteiger partial charge in [0.1, 0.15) is 6.54 Å². The van der Waals surface area contributed by atoms with Crippen LogP contribution in [0.15, 0.2) is 41.2 Å². The smallest absolute Gasteiger partial charge is 0.340 e. The van der Waals surface area contributed by atoms with Gasteiger partial charge in [-0.1, -0.05) is 0 Å². The van der Waals surface area contributed by atoms with Gasteiger partial charge < -0.3 is 4.42 Å². The number of fused-ring (bicyclic) bond motifs is 7. The number of furan rings is 1. The Bertz CT molecular complexity index is 996. The number of pyridine rings is 2. The lowest BCUT2D eigenvalue weighted by molar-refractivity contribution is -0.640. The summed E-state index contributed by atoms with van der Waals surface area (Å²) in [6.45, 7) is 0.843. The molecule has 0 amide bonds. The average Bonchev–Trinajstić information content (AvgIpc) is 3.10. The Balaban J connectivity index is 1.99. The molecule has 5 rings (SSSR count). The number of rotatable bonds is 0. The predicted octanol–water partition coefficient (Wildman–Crippen LogP) is 2.03. The molecule has 5 nitrogen and oxygen atoms in total. The highest BCUT2D eigenvalue weighted by Crippen LogP contribution is 2.35. The van der Waals surface area contributed by atoms with Crippen LogP contribution in [-0.4, -0.2) is 14.5 Å². The number of aryl methyl sites for hydroxylation is 1. The highest BCUT2D eigenvalue weighted by atomic mass is 16.3. The molecular weight excluding hydrogens is 252 g/mol. The third-order valence-corrected chi connectivity index (χ3v) is 4.03. The first-order valence-electron chi connectivity index (χ1n) is 6.53. The van der Waals surface area contributed by atoms with E-state index in [2.05, 4.69) is 25.2 Å². The van der Waals surface area contributed by atoms with E-state index in [1.807, 2.05) is 31.6 Å². The standard InChI is InChI=1S/C15H11N4O/c1-18-14-10-7-16-6-4-9(10)8-19(14)13-12-11(20-15(13)18)3-2-5-17-12/h2-7H,8H2,1H3/q+1. The molecule has 0 saturated heterocycles. The first kappa shape index (κ1) is 10.1. The lowest BCUT2D eigenvalue weighted by atomic mass is 10.2. The minimum Gasteiger partial charge on any atom is -0.417 e. The summed E-state index contributed by atoms with van der Waals surface area (Å²) in [6, 6.07) is 5.93. The van der Waals surface area contributed by atoms with Gasteiger partial charge in [-0.15, -0.1) is 0 Å². The molecule has 96 valence electrons. The molecule has 1 aliphatic rings. The van der Waals surface area contributed by atoms with Crippen molar-refractivity contribution < 1.29 is 8.98 Å². The van der Waals surface area contributed by atoms with Crippen molar-refractivity contribution in [3.63, 3.8) is 0 Å². The van der Waals surface area contributed by atoms with E-state index in [0.717, 1.165) is 34.7 Å². The molecule has 0 radical (unpaired) electrons. The summed E-state index contributed by atoms with van der Waals surface area (Å²) in [7, 11) is 2.03. The zero-order valence-electron chi connectivity index (χ0n) is 10.9. The Morgan fingerprint density at radius 2 is 2.25 bits per heavy atom. The number of nitrogens with zero attached hydrogens (tertiary/aromatic N) is 4. The van der Waals surface area contributed by atoms with Gasteiger partial charge in [0.25, 0.3) is 5.82 Å². The van der Waals surface area contributed by atoms with Crippen molar-refractivity contribution in [2.24, 2.45) is 7.05 Å². The van der Waals surface area contributed by atoms with Gasteiger partial charge in [0.05, 0.1) is 12.6 Å². The fourth-order valence-electron chi connectivity index (χ4n) is 3.17. The summed E-state index contributed by atoms with van der Waals surface area (Å²) in [5.74, 6) is 1.13. The molecule has 1 aliphatic heterocycles. The van der Waals surface area contributed by atoms with Crippen molar-refractivity contribution >= 4 is 22.3 Å². The van der Waals surface area contributed by atoms with Gasteiger partial charge in [-0.05, 0) is 18.2 Å². The largest absolute Gasteiger partial charge is 0.417 e. The van der Waals surface area contributed by atoms with Gasteiger partial charge >= 0.3 is 5.71 Å². The Morgan fingerprint density at radius 3 is 3.20 bits per heavy atom. The summed E-state index contributed by atoms with van der Waals surface area (Å²) in [4.78, 5) is 8.72. The summed E-state index contributed by atoms with van der Waals surface area (Å²) >= 11 is 0. The van der Waals surface area contributed by atoms with E-state index in [1.165, 1.54) is 11.1 Å². The van der Waals surface area contributed by atoms with Gasteiger partial charge in [-0.2, -0.15) is 4.57 Å². The van der Waals surface area contributed by atoms with Crippen LogP contribution in [0.5, 0.6) is 0 Å². The highest BCUT2D eigenvalue weighted by Gasteiger charge is 2.36. The molecule has 0 bridgehead atoms. The summed E-state index contributed by atoms with van der Waals surface area (Å²) in [5, 5.41) is 0. The number of hydrogen-bond donors (Lipinski definition) is 0. The maximum absolute atomic E-state index is 5.95. The Labute approximate surface area is 114 Å². The molecule has 0 saturated carbocycles. The number of hydrogen-bond acceptors (Lipinski definition) is 3. The van der Waals surface area contributed by atoms with Crippen LogP contribution >= 0.6 is 0 Å². The van der Waals surface area contributed by atoms with E-state index in [-0.39, 0.29) is 0 Å². The number of aromatic nitrogens is 4. The molecule has 4 aromatic rings. The lowest BCUT2D eigenvalue weighted by Gasteiger charge is -1.93. The second-order valence-corrected chi connectivity index (χ2v) is 5.11. The fourth-order valence-corrected chi connectivity index (χ4v) is 3.17.